The predicted octanol–water partition coefficient (Wildman–Crippen LogP) is 4.15. The third kappa shape index (κ3) is 2.04. The summed E-state index contributed by atoms with van der Waals surface area (Å²) < 4.78 is 5.58. The van der Waals surface area contributed by atoms with Crippen LogP contribution in [0.2, 0.25) is 19.6 Å². The lowest BCUT2D eigenvalue weighted by Gasteiger charge is -2.43. The highest BCUT2D eigenvalue weighted by molar-refractivity contribution is 6.83. The van der Waals surface area contributed by atoms with E-state index in [-0.39, 0.29) is 17.8 Å². The molecule has 1 aromatic carbocycles. The quantitative estimate of drug-likeness (QED) is 0.440. The van der Waals surface area contributed by atoms with Crippen LogP contribution in [0.5, 0.6) is 5.75 Å². The Bertz CT molecular complexity index is 583. The molecule has 0 spiro atoms. The minimum absolute atomic E-state index is 0.00313. The summed E-state index contributed by atoms with van der Waals surface area (Å²) in [5.74, 6) is 1.32. The fraction of sp³-hybridized carbons (Fsp3) is 0.471. The molecule has 0 amide bonds. The maximum absolute atomic E-state index is 12.4. The molecule has 0 saturated heterocycles. The first-order chi connectivity index (χ1) is 9.39. The Morgan fingerprint density at radius 2 is 1.90 bits per heavy atom. The summed E-state index contributed by atoms with van der Waals surface area (Å²) in [5, 5.41) is 1.52. The van der Waals surface area contributed by atoms with Crippen molar-refractivity contribution < 1.29 is 9.53 Å². The van der Waals surface area contributed by atoms with E-state index in [9.17, 15) is 4.79 Å². The fourth-order valence-corrected chi connectivity index (χ4v) is 5.62. The van der Waals surface area contributed by atoms with Gasteiger partial charge in [-0.2, -0.15) is 0 Å². The minimum Gasteiger partial charge on any atom is -0.426 e. The van der Waals surface area contributed by atoms with E-state index in [2.05, 4.69) is 44.8 Å². The van der Waals surface area contributed by atoms with Crippen LogP contribution < -0.4 is 4.74 Å². The molecule has 20 heavy (non-hydrogen) atoms. The second-order valence-electron chi connectivity index (χ2n) is 7.08. The number of ether oxygens (including phenoxy) is 1. The molecule has 0 N–H and O–H groups in total. The molecule has 1 aliphatic carbocycles. The number of benzene rings is 1. The third-order valence-corrected chi connectivity index (χ3v) is 6.87. The second kappa shape index (κ2) is 4.59. The number of esters is 1. The minimum atomic E-state index is -1.44. The first kappa shape index (κ1) is 13.6. The summed E-state index contributed by atoms with van der Waals surface area (Å²) in [6, 6.07) is 8.04. The lowest BCUT2D eigenvalue weighted by Crippen LogP contribution is -2.43. The molecular weight excluding hydrogens is 264 g/mol. The molecule has 0 aromatic heterocycles. The average molecular weight is 286 g/mol. The molecule has 106 valence electrons. The first-order valence-electron chi connectivity index (χ1n) is 7.40. The number of carbonyl (C=O) groups excluding carboxylic acids is 1. The van der Waals surface area contributed by atoms with Crippen molar-refractivity contribution in [2.45, 2.75) is 38.9 Å². The summed E-state index contributed by atoms with van der Waals surface area (Å²) in [5.41, 5.74) is 1.21. The number of rotatable bonds is 1. The molecule has 0 radical (unpaired) electrons. The van der Waals surface area contributed by atoms with E-state index >= 15 is 0 Å². The van der Waals surface area contributed by atoms with Crippen molar-refractivity contribution in [3.63, 3.8) is 0 Å². The van der Waals surface area contributed by atoms with Gasteiger partial charge < -0.3 is 4.74 Å². The molecule has 1 aliphatic heterocycles. The molecule has 3 atom stereocenters. The molecule has 0 bridgehead atoms. The smallest absolute Gasteiger partial charge is 0.315 e. The Hall–Kier alpha value is -1.35. The maximum Gasteiger partial charge on any atom is 0.315 e. The molecule has 0 saturated carbocycles. The predicted molar refractivity (Wildman–Crippen MR) is 83.5 cm³/mol. The normalized spacial score (nSPS) is 29.1. The Kier molecular flexibility index (Phi) is 3.13. The van der Waals surface area contributed by atoms with Crippen LogP contribution in [0.25, 0.3) is 0 Å². The van der Waals surface area contributed by atoms with Crippen LogP contribution in [-0.4, -0.2) is 14.0 Å². The van der Waals surface area contributed by atoms with Crippen LogP contribution in [0, 0.1) is 11.8 Å². The molecule has 3 heteroatoms. The maximum atomic E-state index is 12.4. The number of carbonyl (C=O) groups is 1. The molecular formula is C17H22O2Si. The van der Waals surface area contributed by atoms with Gasteiger partial charge in [0, 0.05) is 11.5 Å². The van der Waals surface area contributed by atoms with Gasteiger partial charge >= 0.3 is 5.97 Å². The average Bonchev–Trinajstić information content (AvgIpc) is 2.37. The van der Waals surface area contributed by atoms with E-state index in [0.29, 0.717) is 5.92 Å². The lowest BCUT2D eigenvalue weighted by atomic mass is 9.72. The van der Waals surface area contributed by atoms with Crippen LogP contribution in [0.1, 0.15) is 24.8 Å². The molecule has 1 aromatic rings. The second-order valence-corrected chi connectivity index (χ2v) is 12.2. The van der Waals surface area contributed by atoms with Gasteiger partial charge in [0.2, 0.25) is 0 Å². The zero-order chi connectivity index (χ0) is 14.5. The van der Waals surface area contributed by atoms with Gasteiger partial charge in [0.15, 0.2) is 0 Å². The molecule has 2 nitrogen and oxygen atoms in total. The van der Waals surface area contributed by atoms with Crippen molar-refractivity contribution in [3.8, 4) is 5.75 Å². The number of fused-ring (bicyclic) bond motifs is 3. The summed E-state index contributed by atoms with van der Waals surface area (Å²) in [6.07, 6.45) is 3.41. The Morgan fingerprint density at radius 1 is 1.20 bits per heavy atom. The number of para-hydroxylation sites is 1. The highest BCUT2D eigenvalue weighted by Gasteiger charge is 2.46. The summed E-state index contributed by atoms with van der Waals surface area (Å²) in [6.45, 7) is 9.28. The monoisotopic (exact) mass is 286 g/mol. The van der Waals surface area contributed by atoms with Crippen LogP contribution >= 0.6 is 0 Å². The van der Waals surface area contributed by atoms with Crippen LogP contribution in [0.4, 0.5) is 0 Å². The van der Waals surface area contributed by atoms with Gasteiger partial charge in [-0.15, -0.1) is 0 Å². The molecule has 0 fully saturated rings. The van der Waals surface area contributed by atoms with E-state index in [1.807, 2.05) is 12.1 Å². The highest BCUT2D eigenvalue weighted by atomic mass is 28.3. The van der Waals surface area contributed by atoms with Gasteiger partial charge in [-0.3, -0.25) is 4.79 Å². The van der Waals surface area contributed by atoms with Crippen molar-refractivity contribution in [1.29, 1.82) is 0 Å². The van der Waals surface area contributed by atoms with Gasteiger partial charge in [0.05, 0.1) is 14.0 Å². The van der Waals surface area contributed by atoms with Crippen molar-refractivity contribution in [3.05, 3.63) is 41.1 Å². The Balaban J connectivity index is 2.18. The van der Waals surface area contributed by atoms with Crippen LogP contribution in [0.15, 0.2) is 35.5 Å². The first-order valence-corrected chi connectivity index (χ1v) is 10.9. The van der Waals surface area contributed by atoms with Gasteiger partial charge in [-0.05, 0) is 18.4 Å². The Morgan fingerprint density at radius 3 is 2.60 bits per heavy atom. The highest BCUT2D eigenvalue weighted by Crippen LogP contribution is 2.50. The summed E-state index contributed by atoms with van der Waals surface area (Å²) in [4.78, 5) is 12.4. The zero-order valence-electron chi connectivity index (χ0n) is 12.6. The Labute approximate surface area is 121 Å². The van der Waals surface area contributed by atoms with E-state index in [4.69, 9.17) is 4.74 Å². The zero-order valence-corrected chi connectivity index (χ0v) is 13.6. The largest absolute Gasteiger partial charge is 0.426 e. The van der Waals surface area contributed by atoms with Gasteiger partial charge in [0.1, 0.15) is 5.75 Å². The van der Waals surface area contributed by atoms with E-state index in [0.717, 1.165) is 12.2 Å². The fourth-order valence-electron chi connectivity index (χ4n) is 3.62. The SMILES string of the molecule is C[C@H]1CC=C([Si](C)(C)C)[C@@H]2c3ccccc3OC(=O)[C@@H]21. The van der Waals surface area contributed by atoms with Crippen molar-refractivity contribution in [2.24, 2.45) is 11.8 Å². The van der Waals surface area contributed by atoms with Crippen molar-refractivity contribution in [2.75, 3.05) is 0 Å². The summed E-state index contributed by atoms with van der Waals surface area (Å²) >= 11 is 0. The topological polar surface area (TPSA) is 26.3 Å². The van der Waals surface area contributed by atoms with Crippen LogP contribution in [-0.2, 0) is 4.79 Å². The number of hydrogen-bond donors (Lipinski definition) is 0. The molecule has 2 aliphatic rings. The third-order valence-electron chi connectivity index (χ3n) is 4.62. The molecule has 0 unspecified atom stereocenters. The van der Waals surface area contributed by atoms with E-state index in [1.165, 1.54) is 10.8 Å². The van der Waals surface area contributed by atoms with Gasteiger partial charge in [-0.1, -0.05) is 56.0 Å². The van der Waals surface area contributed by atoms with Gasteiger partial charge in [0.25, 0.3) is 0 Å². The number of allylic oxidation sites excluding steroid dienone is 2. The van der Waals surface area contributed by atoms with E-state index in [1.54, 1.807) is 0 Å². The molecule has 1 heterocycles. The standard InChI is InChI=1S/C17H22O2Si/c1-11-9-10-14(20(2,3)4)16-12-7-5-6-8-13(12)19-17(18)15(11)16/h5-8,10-11,15-16H,9H2,1-4H3/t11-,15+,16-/m0/s1. The number of hydrogen-bond acceptors (Lipinski definition) is 2. The summed E-state index contributed by atoms with van der Waals surface area (Å²) in [7, 11) is -1.44. The molecule has 3 rings (SSSR count). The van der Waals surface area contributed by atoms with Crippen molar-refractivity contribution >= 4 is 14.0 Å². The van der Waals surface area contributed by atoms with Crippen LogP contribution in [0.3, 0.4) is 0 Å². The van der Waals surface area contributed by atoms with Crippen molar-refractivity contribution in [1.82, 2.24) is 0 Å². The lowest BCUT2D eigenvalue weighted by molar-refractivity contribution is -0.142. The van der Waals surface area contributed by atoms with E-state index < -0.39 is 8.07 Å². The van der Waals surface area contributed by atoms with Gasteiger partial charge in [-0.25, -0.2) is 0 Å².